The molecule has 0 heterocycles. The summed E-state index contributed by atoms with van der Waals surface area (Å²) in [7, 11) is 3.30. The molecule has 150 valence electrons. The lowest BCUT2D eigenvalue weighted by molar-refractivity contribution is -0.125. The first-order valence-corrected chi connectivity index (χ1v) is 9.51. The Morgan fingerprint density at radius 1 is 1.11 bits per heavy atom. The van der Waals surface area contributed by atoms with Crippen LogP contribution in [0.2, 0.25) is 5.02 Å². The lowest BCUT2D eigenvalue weighted by atomic mass is 10.1. The molecule has 28 heavy (non-hydrogen) atoms. The average molecular weight is 404 g/mol. The minimum absolute atomic E-state index is 0.112. The third kappa shape index (κ3) is 5.92. The maximum Gasteiger partial charge on any atom is 0.246 e. The van der Waals surface area contributed by atoms with E-state index in [4.69, 9.17) is 25.8 Å². The molecule has 0 saturated heterocycles. The van der Waals surface area contributed by atoms with Gasteiger partial charge in [-0.1, -0.05) is 23.7 Å². The van der Waals surface area contributed by atoms with Gasteiger partial charge in [-0.2, -0.15) is 0 Å². The highest BCUT2D eigenvalue weighted by atomic mass is 35.5. The van der Waals surface area contributed by atoms with E-state index in [-0.39, 0.29) is 5.91 Å². The molecule has 0 aliphatic rings. The second kappa shape index (κ2) is 10.6. The maximum absolute atomic E-state index is 12.4. The van der Waals surface area contributed by atoms with Gasteiger partial charge in [0.25, 0.3) is 0 Å². The minimum atomic E-state index is -0.112. The number of nitrogens with zero attached hydrogens (tertiary/aromatic N) is 1. The molecule has 0 aromatic heterocycles. The van der Waals surface area contributed by atoms with E-state index in [1.807, 2.05) is 38.1 Å². The molecular weight excluding hydrogens is 378 g/mol. The SMILES string of the molecule is CCOc1ccc(CN(C)C(=O)/C=C/c2cc(Cl)c(OC)c(OCC)c2)cc1. The fourth-order valence-electron chi connectivity index (χ4n) is 2.65. The van der Waals surface area contributed by atoms with E-state index < -0.39 is 0 Å². The van der Waals surface area contributed by atoms with Gasteiger partial charge in [0.05, 0.1) is 25.3 Å². The Bertz CT molecular complexity index is 818. The second-order valence-corrected chi connectivity index (χ2v) is 6.48. The van der Waals surface area contributed by atoms with Crippen molar-refractivity contribution in [2.75, 3.05) is 27.4 Å². The topological polar surface area (TPSA) is 48.0 Å². The number of hydrogen-bond donors (Lipinski definition) is 0. The summed E-state index contributed by atoms with van der Waals surface area (Å²) in [5.74, 6) is 1.74. The predicted molar refractivity (Wildman–Crippen MR) is 112 cm³/mol. The number of rotatable bonds is 9. The highest BCUT2D eigenvalue weighted by Gasteiger charge is 2.11. The number of benzene rings is 2. The molecule has 0 fully saturated rings. The van der Waals surface area contributed by atoms with Crippen molar-refractivity contribution < 1.29 is 19.0 Å². The zero-order valence-corrected chi connectivity index (χ0v) is 17.5. The number of likely N-dealkylation sites (N-methyl/N-ethyl adjacent to an activating group) is 1. The molecule has 2 rings (SSSR count). The van der Waals surface area contributed by atoms with E-state index in [1.54, 1.807) is 37.3 Å². The van der Waals surface area contributed by atoms with Gasteiger partial charge in [0.1, 0.15) is 5.75 Å². The highest BCUT2D eigenvalue weighted by Crippen LogP contribution is 2.36. The smallest absolute Gasteiger partial charge is 0.246 e. The molecule has 2 aromatic rings. The Balaban J connectivity index is 2.05. The first-order chi connectivity index (χ1) is 13.5. The predicted octanol–water partition coefficient (Wildman–Crippen LogP) is 4.82. The van der Waals surface area contributed by atoms with Crippen molar-refractivity contribution in [1.29, 1.82) is 0 Å². The van der Waals surface area contributed by atoms with Crippen LogP contribution in [0.3, 0.4) is 0 Å². The molecule has 5 nitrogen and oxygen atoms in total. The highest BCUT2D eigenvalue weighted by molar-refractivity contribution is 6.32. The number of carbonyl (C=O) groups excluding carboxylic acids is 1. The fraction of sp³-hybridized carbons (Fsp3) is 0.318. The minimum Gasteiger partial charge on any atom is -0.494 e. The average Bonchev–Trinajstić information content (AvgIpc) is 2.68. The lowest BCUT2D eigenvalue weighted by Gasteiger charge is -2.16. The van der Waals surface area contributed by atoms with E-state index in [1.165, 1.54) is 6.08 Å². The normalized spacial score (nSPS) is 10.8. The molecule has 0 N–H and O–H groups in total. The van der Waals surface area contributed by atoms with E-state index in [9.17, 15) is 4.79 Å². The van der Waals surface area contributed by atoms with Gasteiger partial charge in [-0.15, -0.1) is 0 Å². The number of carbonyl (C=O) groups is 1. The standard InChI is InChI=1S/C22H26ClNO4/c1-5-27-18-10-7-16(8-11-18)15-24(3)21(25)12-9-17-13-19(23)22(26-4)20(14-17)28-6-2/h7-14H,5-6,15H2,1-4H3/b12-9+. The van der Waals surface area contributed by atoms with Gasteiger partial charge >= 0.3 is 0 Å². The Morgan fingerprint density at radius 2 is 1.79 bits per heavy atom. The van der Waals surface area contributed by atoms with Crippen LogP contribution in [0.25, 0.3) is 6.08 Å². The Hall–Kier alpha value is -2.66. The van der Waals surface area contributed by atoms with E-state index in [0.717, 1.165) is 16.9 Å². The summed E-state index contributed by atoms with van der Waals surface area (Å²) in [6.45, 7) is 5.45. The molecule has 2 aromatic carbocycles. The first kappa shape index (κ1) is 21.6. The van der Waals surface area contributed by atoms with Gasteiger partial charge < -0.3 is 19.1 Å². The van der Waals surface area contributed by atoms with Crippen LogP contribution in [0.1, 0.15) is 25.0 Å². The van der Waals surface area contributed by atoms with Gasteiger partial charge in [-0.25, -0.2) is 0 Å². The zero-order chi connectivity index (χ0) is 20.5. The van der Waals surface area contributed by atoms with Crippen LogP contribution in [0.5, 0.6) is 17.2 Å². The Labute approximate surface area is 171 Å². The van der Waals surface area contributed by atoms with Crippen molar-refractivity contribution in [1.82, 2.24) is 4.90 Å². The van der Waals surface area contributed by atoms with Crippen molar-refractivity contribution in [3.05, 3.63) is 58.6 Å². The molecule has 0 aliphatic carbocycles. The molecule has 1 amide bonds. The summed E-state index contributed by atoms with van der Waals surface area (Å²) in [5.41, 5.74) is 1.79. The van der Waals surface area contributed by atoms with Crippen LogP contribution >= 0.6 is 11.6 Å². The third-order valence-electron chi connectivity index (χ3n) is 3.98. The summed E-state index contributed by atoms with van der Waals surface area (Å²) in [5, 5.41) is 0.434. The van der Waals surface area contributed by atoms with Crippen molar-refractivity contribution >= 4 is 23.6 Å². The molecule has 0 saturated carbocycles. The van der Waals surface area contributed by atoms with Crippen molar-refractivity contribution in [2.24, 2.45) is 0 Å². The zero-order valence-electron chi connectivity index (χ0n) is 16.7. The summed E-state index contributed by atoms with van der Waals surface area (Å²) in [6, 6.07) is 11.2. The summed E-state index contributed by atoms with van der Waals surface area (Å²) >= 11 is 6.25. The first-order valence-electron chi connectivity index (χ1n) is 9.13. The van der Waals surface area contributed by atoms with E-state index >= 15 is 0 Å². The van der Waals surface area contributed by atoms with Crippen LogP contribution in [-0.2, 0) is 11.3 Å². The molecule has 0 aliphatic heterocycles. The number of methoxy groups -OCH3 is 1. The van der Waals surface area contributed by atoms with Gasteiger partial charge in [0, 0.05) is 19.7 Å². The second-order valence-electron chi connectivity index (χ2n) is 6.07. The van der Waals surface area contributed by atoms with Crippen molar-refractivity contribution in [3.63, 3.8) is 0 Å². The number of ether oxygens (including phenoxy) is 3. The van der Waals surface area contributed by atoms with Crippen molar-refractivity contribution in [3.8, 4) is 17.2 Å². The quantitative estimate of drug-likeness (QED) is 0.563. The van der Waals surface area contributed by atoms with Gasteiger partial charge in [0.2, 0.25) is 5.91 Å². The monoisotopic (exact) mass is 403 g/mol. The largest absolute Gasteiger partial charge is 0.494 e. The molecule has 0 unspecified atom stereocenters. The molecule has 0 atom stereocenters. The molecule has 0 bridgehead atoms. The van der Waals surface area contributed by atoms with Gasteiger partial charge in [-0.3, -0.25) is 4.79 Å². The molecule has 0 radical (unpaired) electrons. The fourth-order valence-corrected chi connectivity index (χ4v) is 2.95. The van der Waals surface area contributed by atoms with Crippen molar-refractivity contribution in [2.45, 2.75) is 20.4 Å². The number of halogens is 1. The number of amides is 1. The lowest BCUT2D eigenvalue weighted by Crippen LogP contribution is -2.24. The molecule has 6 heteroatoms. The third-order valence-corrected chi connectivity index (χ3v) is 4.27. The summed E-state index contributed by atoms with van der Waals surface area (Å²) in [6.07, 6.45) is 3.23. The van der Waals surface area contributed by atoms with Gasteiger partial charge in [-0.05, 0) is 55.3 Å². The molecular formula is C22H26ClNO4. The van der Waals surface area contributed by atoms with E-state index in [0.29, 0.717) is 36.3 Å². The maximum atomic E-state index is 12.4. The van der Waals surface area contributed by atoms with E-state index in [2.05, 4.69) is 0 Å². The van der Waals surface area contributed by atoms with Crippen LogP contribution in [0.15, 0.2) is 42.5 Å². The Morgan fingerprint density at radius 3 is 2.39 bits per heavy atom. The summed E-state index contributed by atoms with van der Waals surface area (Å²) in [4.78, 5) is 14.1. The Kier molecular flexibility index (Phi) is 8.20. The van der Waals surface area contributed by atoms with Gasteiger partial charge in [0.15, 0.2) is 11.5 Å². The van der Waals surface area contributed by atoms with Crippen LogP contribution in [0.4, 0.5) is 0 Å². The summed E-state index contributed by atoms with van der Waals surface area (Å²) < 4.78 is 16.3. The van der Waals surface area contributed by atoms with Crippen LogP contribution in [0, 0.1) is 0 Å². The van der Waals surface area contributed by atoms with Crippen LogP contribution in [-0.4, -0.2) is 38.2 Å². The number of hydrogen-bond acceptors (Lipinski definition) is 4. The molecule has 0 spiro atoms. The van der Waals surface area contributed by atoms with Crippen LogP contribution < -0.4 is 14.2 Å².